The van der Waals surface area contributed by atoms with Gasteiger partial charge in [0.25, 0.3) is 0 Å². The van der Waals surface area contributed by atoms with E-state index in [-0.39, 0.29) is 0 Å². The minimum absolute atomic E-state index is 0.570. The Kier molecular flexibility index (Phi) is 10.2. The van der Waals surface area contributed by atoms with Crippen molar-refractivity contribution in [2.75, 3.05) is 0 Å². The lowest BCUT2D eigenvalue weighted by Crippen LogP contribution is -2.00. The van der Waals surface area contributed by atoms with Gasteiger partial charge in [0.2, 0.25) is 0 Å². The van der Waals surface area contributed by atoms with Crippen LogP contribution in [0.25, 0.3) is 102 Å². The lowest BCUT2D eigenvalue weighted by atomic mass is 9.88. The van der Waals surface area contributed by atoms with Crippen LogP contribution in [0.1, 0.15) is 5.56 Å². The largest absolute Gasteiger partial charge is 0.208 e. The molecule has 0 aliphatic rings. The molecule has 10 rings (SSSR count). The van der Waals surface area contributed by atoms with Crippen molar-refractivity contribution in [3.05, 3.63) is 218 Å². The zero-order valence-corrected chi connectivity index (χ0v) is 33.3. The first-order chi connectivity index (χ1) is 30.7. The van der Waals surface area contributed by atoms with Crippen molar-refractivity contribution in [3.63, 3.8) is 0 Å². The zero-order valence-electron chi connectivity index (χ0n) is 33.3. The van der Waals surface area contributed by atoms with E-state index < -0.39 is 0 Å². The summed E-state index contributed by atoms with van der Waals surface area (Å²) in [4.78, 5) is 29.6. The maximum absolute atomic E-state index is 10.1. The molecule has 2 heterocycles. The van der Waals surface area contributed by atoms with Crippen molar-refractivity contribution < 1.29 is 0 Å². The molecule has 8 aromatic carbocycles. The third kappa shape index (κ3) is 7.75. The molecule has 7 heteroatoms. The van der Waals surface area contributed by atoms with Crippen molar-refractivity contribution in [1.29, 1.82) is 5.26 Å². The first kappa shape index (κ1) is 37.5. The average Bonchev–Trinajstić information content (AvgIpc) is 3.37. The van der Waals surface area contributed by atoms with Crippen LogP contribution < -0.4 is 0 Å². The highest BCUT2D eigenvalue weighted by Gasteiger charge is 2.18. The van der Waals surface area contributed by atoms with Crippen molar-refractivity contribution in [1.82, 2.24) is 29.9 Å². The van der Waals surface area contributed by atoms with Gasteiger partial charge < -0.3 is 0 Å². The van der Waals surface area contributed by atoms with Crippen molar-refractivity contribution in [3.8, 4) is 108 Å². The van der Waals surface area contributed by atoms with E-state index in [1.54, 1.807) is 0 Å². The molecular weight excluding hydrogens is 759 g/mol. The van der Waals surface area contributed by atoms with E-state index >= 15 is 0 Å². The summed E-state index contributed by atoms with van der Waals surface area (Å²) in [5, 5.41) is 10.1. The fraction of sp³-hybridized carbons (Fsp3) is 0. The highest BCUT2D eigenvalue weighted by atomic mass is 15.0. The summed E-state index contributed by atoms with van der Waals surface area (Å²) in [5.41, 5.74) is 11.8. The second kappa shape index (κ2) is 16.9. The zero-order chi connectivity index (χ0) is 41.7. The minimum atomic E-state index is 0.570. The molecule has 0 aliphatic carbocycles. The number of nitriles is 1. The third-order valence-corrected chi connectivity index (χ3v) is 10.7. The molecule has 0 radical (unpaired) electrons. The van der Waals surface area contributed by atoms with E-state index in [0.29, 0.717) is 40.5 Å². The minimum Gasteiger partial charge on any atom is -0.208 e. The summed E-state index contributed by atoms with van der Waals surface area (Å²) in [6.07, 6.45) is 0. The van der Waals surface area contributed by atoms with E-state index in [0.717, 1.165) is 66.8 Å². The molecule has 0 N–H and O–H groups in total. The Morgan fingerprint density at radius 1 is 0.242 bits per heavy atom. The monoisotopic (exact) mass is 793 g/mol. The molecule has 290 valence electrons. The van der Waals surface area contributed by atoms with Gasteiger partial charge >= 0.3 is 0 Å². The van der Waals surface area contributed by atoms with E-state index in [4.69, 9.17) is 29.9 Å². The summed E-state index contributed by atoms with van der Waals surface area (Å²) < 4.78 is 0. The van der Waals surface area contributed by atoms with Crippen LogP contribution in [0.5, 0.6) is 0 Å². The van der Waals surface area contributed by atoms with Gasteiger partial charge in [0.1, 0.15) is 0 Å². The van der Waals surface area contributed by atoms with Crippen molar-refractivity contribution >= 4 is 0 Å². The molecule has 0 fully saturated rings. The van der Waals surface area contributed by atoms with Gasteiger partial charge in [0.05, 0.1) is 11.6 Å². The second-order valence-corrected chi connectivity index (χ2v) is 14.7. The quantitative estimate of drug-likeness (QED) is 0.143. The number of hydrogen-bond acceptors (Lipinski definition) is 7. The Morgan fingerprint density at radius 2 is 0.581 bits per heavy atom. The fourth-order valence-electron chi connectivity index (χ4n) is 7.56. The van der Waals surface area contributed by atoms with Crippen LogP contribution in [0, 0.1) is 11.3 Å². The predicted octanol–water partition coefficient (Wildman–Crippen LogP) is 12.9. The summed E-state index contributed by atoms with van der Waals surface area (Å²) in [7, 11) is 0. The third-order valence-electron chi connectivity index (χ3n) is 10.7. The van der Waals surface area contributed by atoms with Gasteiger partial charge in [-0.1, -0.05) is 194 Å². The number of nitrogens with zero attached hydrogens (tertiary/aromatic N) is 7. The van der Waals surface area contributed by atoms with Crippen LogP contribution >= 0.6 is 0 Å². The molecule has 0 saturated heterocycles. The molecule has 0 atom stereocenters. The summed E-state index contributed by atoms with van der Waals surface area (Å²) in [5.74, 6) is 3.58. The fourth-order valence-corrected chi connectivity index (χ4v) is 7.56. The van der Waals surface area contributed by atoms with Crippen LogP contribution in [0.4, 0.5) is 0 Å². The molecule has 7 nitrogen and oxygen atoms in total. The first-order valence-electron chi connectivity index (χ1n) is 20.3. The maximum atomic E-state index is 10.1. The van der Waals surface area contributed by atoms with Gasteiger partial charge in [0, 0.05) is 33.4 Å². The maximum Gasteiger partial charge on any atom is 0.164 e. The van der Waals surface area contributed by atoms with E-state index in [9.17, 15) is 5.26 Å². The van der Waals surface area contributed by atoms with Crippen LogP contribution in [0.2, 0.25) is 0 Å². The molecule has 0 saturated carbocycles. The normalized spacial score (nSPS) is 10.9. The van der Waals surface area contributed by atoms with Gasteiger partial charge in [-0.2, -0.15) is 5.26 Å². The molecule has 0 bridgehead atoms. The molecule has 0 unspecified atom stereocenters. The van der Waals surface area contributed by atoms with Crippen LogP contribution in [0.15, 0.2) is 212 Å². The molecule has 62 heavy (non-hydrogen) atoms. The average molecular weight is 794 g/mol. The van der Waals surface area contributed by atoms with E-state index in [2.05, 4.69) is 54.6 Å². The van der Waals surface area contributed by atoms with E-state index in [1.807, 2.05) is 164 Å². The summed E-state index contributed by atoms with van der Waals surface area (Å²) in [6, 6.07) is 73.0. The molecule has 0 amide bonds. The molecule has 0 spiro atoms. The van der Waals surface area contributed by atoms with Crippen LogP contribution in [-0.2, 0) is 0 Å². The standard InChI is InChI=1S/C55H35N7/c56-36-37-28-33-47(44-24-15-25-45(35-44)55-61-52(41-20-9-3-10-21-41)58-53(62-55)42-22-11-4-12-23-42)49(34-37)48-27-14-13-26-46(48)38-29-31-43(32-30-38)54-59-50(39-16-5-1-6-17-39)57-51(60-54)40-18-7-2-8-19-40/h1-35H. The van der Waals surface area contributed by atoms with Gasteiger partial charge in [-0.25, -0.2) is 29.9 Å². The first-order valence-corrected chi connectivity index (χ1v) is 20.3. The molecule has 0 aliphatic heterocycles. The van der Waals surface area contributed by atoms with Crippen molar-refractivity contribution in [2.24, 2.45) is 0 Å². The summed E-state index contributed by atoms with van der Waals surface area (Å²) in [6.45, 7) is 0. The number of aromatic nitrogens is 6. The Bertz CT molecular complexity index is 3110. The number of rotatable bonds is 9. The Labute approximate surface area is 359 Å². The van der Waals surface area contributed by atoms with Gasteiger partial charge in [0.15, 0.2) is 34.9 Å². The Balaban J connectivity index is 1.04. The Morgan fingerprint density at radius 3 is 1.03 bits per heavy atom. The lowest BCUT2D eigenvalue weighted by molar-refractivity contribution is 1.07. The van der Waals surface area contributed by atoms with Crippen LogP contribution in [0.3, 0.4) is 0 Å². The topological polar surface area (TPSA) is 101 Å². The van der Waals surface area contributed by atoms with Crippen LogP contribution in [-0.4, -0.2) is 29.9 Å². The smallest absolute Gasteiger partial charge is 0.164 e. The highest BCUT2D eigenvalue weighted by Crippen LogP contribution is 2.40. The molecule has 2 aromatic heterocycles. The number of benzene rings is 8. The summed E-state index contributed by atoms with van der Waals surface area (Å²) >= 11 is 0. The SMILES string of the molecule is N#Cc1ccc(-c2cccc(-c3nc(-c4ccccc4)nc(-c4ccccc4)n3)c2)c(-c2ccccc2-c2ccc(-c3nc(-c4ccccc4)nc(-c4ccccc4)n3)cc2)c1. The van der Waals surface area contributed by atoms with Gasteiger partial charge in [-0.3, -0.25) is 0 Å². The number of hydrogen-bond donors (Lipinski definition) is 0. The highest BCUT2D eigenvalue weighted by molar-refractivity contribution is 5.93. The van der Waals surface area contributed by atoms with Gasteiger partial charge in [-0.05, 0) is 51.6 Å². The Hall–Kier alpha value is -8.73. The van der Waals surface area contributed by atoms with Gasteiger partial charge in [-0.15, -0.1) is 0 Å². The molecular formula is C55H35N7. The lowest BCUT2D eigenvalue weighted by Gasteiger charge is -2.16. The van der Waals surface area contributed by atoms with E-state index in [1.165, 1.54) is 0 Å². The second-order valence-electron chi connectivity index (χ2n) is 14.7. The van der Waals surface area contributed by atoms with Crippen molar-refractivity contribution in [2.45, 2.75) is 0 Å². The molecule has 10 aromatic rings. The predicted molar refractivity (Wildman–Crippen MR) is 247 cm³/mol.